The fraction of sp³-hybridized carbons (Fsp3) is 0.120. The van der Waals surface area contributed by atoms with E-state index < -0.39 is 17.9 Å². The molecule has 0 bridgehead atoms. The monoisotopic (exact) mass is 543 g/mol. The lowest BCUT2D eigenvalue weighted by Gasteiger charge is -2.10. The summed E-state index contributed by atoms with van der Waals surface area (Å²) in [5, 5.41) is 5.92. The SMILES string of the molecule is COC(=O)c1ccc(CN2C(=O)N/C(=C\c3ccc(OCC(=O)Nc4ccc(Cl)cc4)c(Cl)c3)C2=O)o1. The molecule has 0 saturated carbocycles. The number of rotatable bonds is 8. The van der Waals surface area contributed by atoms with Crippen molar-refractivity contribution in [3.8, 4) is 5.75 Å². The Balaban J connectivity index is 1.37. The fourth-order valence-electron chi connectivity index (χ4n) is 3.31. The number of ether oxygens (including phenoxy) is 2. The lowest BCUT2D eigenvalue weighted by molar-refractivity contribution is -0.123. The third kappa shape index (κ3) is 6.29. The highest BCUT2D eigenvalue weighted by atomic mass is 35.5. The first-order chi connectivity index (χ1) is 17.7. The molecule has 1 saturated heterocycles. The first kappa shape index (κ1) is 25.8. The Kier molecular flexibility index (Phi) is 7.80. The van der Waals surface area contributed by atoms with Crippen molar-refractivity contribution in [2.75, 3.05) is 19.0 Å². The molecule has 2 heterocycles. The molecule has 3 aromatic rings. The number of benzene rings is 2. The molecule has 10 nitrogen and oxygen atoms in total. The molecule has 0 spiro atoms. The van der Waals surface area contributed by atoms with Gasteiger partial charge in [-0.2, -0.15) is 0 Å². The van der Waals surface area contributed by atoms with Crippen molar-refractivity contribution in [2.45, 2.75) is 6.54 Å². The Morgan fingerprint density at radius 3 is 2.54 bits per heavy atom. The second kappa shape index (κ2) is 11.2. The van der Waals surface area contributed by atoms with Crippen LogP contribution in [0.4, 0.5) is 10.5 Å². The molecular formula is C25H19Cl2N3O7. The molecule has 2 aromatic carbocycles. The van der Waals surface area contributed by atoms with Gasteiger partial charge in [-0.15, -0.1) is 0 Å². The van der Waals surface area contributed by atoms with Crippen LogP contribution in [0.5, 0.6) is 5.75 Å². The summed E-state index contributed by atoms with van der Waals surface area (Å²) >= 11 is 12.1. The average molecular weight is 544 g/mol. The Hall–Kier alpha value is -4.28. The van der Waals surface area contributed by atoms with Crippen LogP contribution in [0, 0.1) is 0 Å². The topological polar surface area (TPSA) is 127 Å². The Morgan fingerprint density at radius 1 is 1.08 bits per heavy atom. The van der Waals surface area contributed by atoms with E-state index in [1.165, 1.54) is 31.4 Å². The predicted octanol–water partition coefficient (Wildman–Crippen LogP) is 4.48. The molecule has 1 fully saturated rings. The van der Waals surface area contributed by atoms with Crippen LogP contribution >= 0.6 is 23.2 Å². The second-order valence-corrected chi connectivity index (χ2v) is 8.51. The number of nitrogens with zero attached hydrogens (tertiary/aromatic N) is 1. The van der Waals surface area contributed by atoms with Crippen molar-refractivity contribution in [3.63, 3.8) is 0 Å². The maximum Gasteiger partial charge on any atom is 0.373 e. The zero-order chi connectivity index (χ0) is 26.5. The summed E-state index contributed by atoms with van der Waals surface area (Å²) in [4.78, 5) is 49.7. The summed E-state index contributed by atoms with van der Waals surface area (Å²) in [6.07, 6.45) is 1.45. The van der Waals surface area contributed by atoms with E-state index in [-0.39, 0.29) is 47.0 Å². The number of methoxy groups -OCH3 is 1. The number of hydrogen-bond acceptors (Lipinski definition) is 7. The van der Waals surface area contributed by atoms with Crippen LogP contribution in [0.25, 0.3) is 6.08 Å². The smallest absolute Gasteiger partial charge is 0.373 e. The van der Waals surface area contributed by atoms with Crippen LogP contribution in [0.1, 0.15) is 21.9 Å². The lowest BCUT2D eigenvalue weighted by atomic mass is 10.2. The highest BCUT2D eigenvalue weighted by Gasteiger charge is 2.34. The second-order valence-electron chi connectivity index (χ2n) is 7.67. The third-order valence-corrected chi connectivity index (χ3v) is 5.63. The largest absolute Gasteiger partial charge is 0.482 e. The Morgan fingerprint density at radius 2 is 1.84 bits per heavy atom. The van der Waals surface area contributed by atoms with Gasteiger partial charge in [0.25, 0.3) is 11.8 Å². The molecule has 1 aromatic heterocycles. The maximum absolute atomic E-state index is 12.8. The molecule has 37 heavy (non-hydrogen) atoms. The third-order valence-electron chi connectivity index (χ3n) is 5.08. The summed E-state index contributed by atoms with van der Waals surface area (Å²) in [6.45, 7) is -0.457. The quantitative estimate of drug-likeness (QED) is 0.243. The van der Waals surface area contributed by atoms with Gasteiger partial charge in [0, 0.05) is 10.7 Å². The van der Waals surface area contributed by atoms with Crippen molar-refractivity contribution in [1.82, 2.24) is 10.2 Å². The van der Waals surface area contributed by atoms with Crippen LogP contribution in [-0.4, -0.2) is 42.4 Å². The highest BCUT2D eigenvalue weighted by molar-refractivity contribution is 6.32. The van der Waals surface area contributed by atoms with E-state index in [4.69, 9.17) is 32.4 Å². The number of amides is 4. The van der Waals surface area contributed by atoms with Gasteiger partial charge >= 0.3 is 12.0 Å². The van der Waals surface area contributed by atoms with Crippen molar-refractivity contribution in [2.24, 2.45) is 0 Å². The first-order valence-electron chi connectivity index (χ1n) is 10.7. The minimum atomic E-state index is -0.671. The number of carbonyl (C=O) groups is 4. The summed E-state index contributed by atoms with van der Waals surface area (Å²) in [6, 6.07) is 13.5. The maximum atomic E-state index is 12.8. The number of imide groups is 1. The summed E-state index contributed by atoms with van der Waals surface area (Å²) in [7, 11) is 1.21. The van der Waals surface area contributed by atoms with Crippen LogP contribution in [0.2, 0.25) is 10.0 Å². The van der Waals surface area contributed by atoms with Gasteiger partial charge in [-0.1, -0.05) is 29.3 Å². The lowest BCUT2D eigenvalue weighted by Crippen LogP contribution is -2.30. The van der Waals surface area contributed by atoms with Crippen molar-refractivity contribution in [1.29, 1.82) is 0 Å². The number of esters is 1. The zero-order valence-electron chi connectivity index (χ0n) is 19.2. The van der Waals surface area contributed by atoms with E-state index in [9.17, 15) is 19.2 Å². The number of furan rings is 1. The molecule has 1 aliphatic heterocycles. The molecule has 0 aliphatic carbocycles. The van der Waals surface area contributed by atoms with E-state index in [0.29, 0.717) is 16.3 Å². The zero-order valence-corrected chi connectivity index (χ0v) is 20.8. The molecule has 2 N–H and O–H groups in total. The molecule has 1 aliphatic rings. The van der Waals surface area contributed by atoms with Gasteiger partial charge in [0.2, 0.25) is 5.76 Å². The van der Waals surface area contributed by atoms with E-state index in [1.54, 1.807) is 36.4 Å². The fourth-order valence-corrected chi connectivity index (χ4v) is 3.68. The number of anilines is 1. The molecule has 0 atom stereocenters. The molecule has 4 rings (SSSR count). The van der Waals surface area contributed by atoms with Crippen molar-refractivity contribution in [3.05, 3.63) is 87.4 Å². The van der Waals surface area contributed by atoms with E-state index in [0.717, 1.165) is 4.90 Å². The van der Waals surface area contributed by atoms with E-state index >= 15 is 0 Å². The van der Waals surface area contributed by atoms with Crippen LogP contribution < -0.4 is 15.4 Å². The summed E-state index contributed by atoms with van der Waals surface area (Å²) in [5.74, 6) is -1.20. The van der Waals surface area contributed by atoms with Gasteiger partial charge < -0.3 is 24.5 Å². The normalized spacial score (nSPS) is 14.0. The minimum absolute atomic E-state index is 0.0248. The van der Waals surface area contributed by atoms with Crippen LogP contribution in [0.3, 0.4) is 0 Å². The van der Waals surface area contributed by atoms with Gasteiger partial charge in [-0.3, -0.25) is 14.5 Å². The van der Waals surface area contributed by atoms with Gasteiger partial charge in [0.05, 0.1) is 18.7 Å². The van der Waals surface area contributed by atoms with E-state index in [2.05, 4.69) is 15.4 Å². The summed E-state index contributed by atoms with van der Waals surface area (Å²) in [5.41, 5.74) is 1.11. The Bertz CT molecular complexity index is 1400. The first-order valence-corrected chi connectivity index (χ1v) is 11.5. The van der Waals surface area contributed by atoms with Crippen LogP contribution in [0.15, 0.2) is 64.7 Å². The van der Waals surface area contributed by atoms with Gasteiger partial charge in [-0.25, -0.2) is 9.59 Å². The number of hydrogen-bond donors (Lipinski definition) is 2. The number of nitrogens with one attached hydrogen (secondary N) is 2. The standard InChI is InChI=1S/C25H19Cl2N3O7/c1-35-24(33)21-9-7-17(37-21)12-30-23(32)19(29-25(30)34)11-14-2-8-20(18(27)10-14)36-13-22(31)28-16-5-3-15(26)4-6-16/h2-11H,12-13H2,1H3,(H,28,31)(H,29,34)/b19-11-. The average Bonchev–Trinajstić information content (AvgIpc) is 3.45. The molecular weight excluding hydrogens is 525 g/mol. The van der Waals surface area contributed by atoms with Crippen molar-refractivity contribution < 1.29 is 33.1 Å². The molecule has 12 heteroatoms. The van der Waals surface area contributed by atoms with Crippen molar-refractivity contribution >= 4 is 58.8 Å². The van der Waals surface area contributed by atoms with Gasteiger partial charge in [0.15, 0.2) is 6.61 Å². The molecule has 0 unspecified atom stereocenters. The predicted molar refractivity (Wildman–Crippen MR) is 134 cm³/mol. The molecule has 0 radical (unpaired) electrons. The molecule has 190 valence electrons. The summed E-state index contributed by atoms with van der Waals surface area (Å²) < 4.78 is 15.4. The molecule has 4 amide bonds. The Labute approximate surface area is 220 Å². The minimum Gasteiger partial charge on any atom is -0.482 e. The van der Waals surface area contributed by atoms with Gasteiger partial charge in [0.1, 0.15) is 17.2 Å². The van der Waals surface area contributed by atoms with E-state index in [1.807, 2.05) is 0 Å². The van der Waals surface area contributed by atoms with Gasteiger partial charge in [-0.05, 0) is 60.2 Å². The highest BCUT2D eigenvalue weighted by Crippen LogP contribution is 2.27. The number of halogens is 2. The van der Waals surface area contributed by atoms with Crippen LogP contribution in [-0.2, 0) is 20.9 Å². The number of carbonyl (C=O) groups excluding carboxylic acids is 4. The number of urea groups is 1.